The highest BCUT2D eigenvalue weighted by molar-refractivity contribution is 6.01. The van der Waals surface area contributed by atoms with Crippen molar-refractivity contribution in [2.45, 2.75) is 70.5 Å². The lowest BCUT2D eigenvalue weighted by molar-refractivity contribution is -0.151. The van der Waals surface area contributed by atoms with Gasteiger partial charge in [0.15, 0.2) is 12.4 Å². The van der Waals surface area contributed by atoms with Crippen molar-refractivity contribution in [1.29, 1.82) is 0 Å². The number of hydrogen-bond donors (Lipinski definition) is 5. The summed E-state index contributed by atoms with van der Waals surface area (Å²) in [7, 11) is 0. The second kappa shape index (κ2) is 13.2. The first-order chi connectivity index (χ1) is 19.5. The number of aromatic nitrogens is 1. The van der Waals surface area contributed by atoms with Crippen molar-refractivity contribution < 1.29 is 33.1 Å². The SMILES string of the molecule is CC(C)C(N)C(=O)OCC(=O)[C@H](C[C@@H]1CCCNC1=O)NC(=O)[C@H](CC1CC1)NC(=O)c1cc2cccc(F)c2[nH]1. The van der Waals surface area contributed by atoms with Crippen molar-refractivity contribution >= 4 is 40.4 Å². The van der Waals surface area contributed by atoms with Gasteiger partial charge in [0.1, 0.15) is 23.6 Å². The second-order valence-electron chi connectivity index (χ2n) is 11.4. The van der Waals surface area contributed by atoms with Crippen molar-refractivity contribution in [3.05, 3.63) is 35.8 Å². The molecule has 1 aliphatic carbocycles. The molecule has 222 valence electrons. The van der Waals surface area contributed by atoms with Crippen LogP contribution in [0.15, 0.2) is 24.3 Å². The zero-order valence-electron chi connectivity index (χ0n) is 23.3. The van der Waals surface area contributed by atoms with Crippen LogP contribution in [0.1, 0.15) is 62.9 Å². The molecule has 1 saturated heterocycles. The van der Waals surface area contributed by atoms with Crippen LogP contribution in [-0.4, -0.2) is 65.7 Å². The Morgan fingerprint density at radius 2 is 1.85 bits per heavy atom. The van der Waals surface area contributed by atoms with Gasteiger partial charge >= 0.3 is 5.97 Å². The summed E-state index contributed by atoms with van der Waals surface area (Å²) in [6.07, 6.45) is 3.48. The Morgan fingerprint density at radius 3 is 2.51 bits per heavy atom. The van der Waals surface area contributed by atoms with E-state index in [0.717, 1.165) is 19.3 Å². The Bertz CT molecular complexity index is 1310. The summed E-state index contributed by atoms with van der Waals surface area (Å²) in [6.45, 7) is 3.43. The van der Waals surface area contributed by atoms with E-state index in [1.54, 1.807) is 19.9 Å². The minimum absolute atomic E-state index is 0.0234. The predicted octanol–water partition coefficient (Wildman–Crippen LogP) is 1.70. The molecule has 1 aromatic heterocycles. The van der Waals surface area contributed by atoms with Crippen LogP contribution in [0.3, 0.4) is 0 Å². The highest BCUT2D eigenvalue weighted by Crippen LogP contribution is 2.33. The van der Waals surface area contributed by atoms with E-state index in [2.05, 4.69) is 20.9 Å². The first-order valence-corrected chi connectivity index (χ1v) is 14.1. The topological polar surface area (TPSA) is 172 Å². The van der Waals surface area contributed by atoms with Gasteiger partial charge in [0.2, 0.25) is 11.8 Å². The molecule has 3 amide bonds. The van der Waals surface area contributed by atoms with E-state index in [1.165, 1.54) is 18.2 Å². The van der Waals surface area contributed by atoms with E-state index in [0.29, 0.717) is 24.8 Å². The fourth-order valence-corrected chi connectivity index (χ4v) is 4.90. The van der Waals surface area contributed by atoms with Crippen molar-refractivity contribution in [2.24, 2.45) is 23.5 Å². The fraction of sp³-hybridized carbons (Fsp3) is 0.552. The maximum absolute atomic E-state index is 14.1. The molecule has 2 fully saturated rings. The zero-order valence-corrected chi connectivity index (χ0v) is 23.3. The van der Waals surface area contributed by atoms with Crippen LogP contribution in [0, 0.1) is 23.6 Å². The van der Waals surface area contributed by atoms with E-state index >= 15 is 0 Å². The highest BCUT2D eigenvalue weighted by atomic mass is 19.1. The molecule has 0 radical (unpaired) electrons. The number of esters is 1. The number of nitrogens with two attached hydrogens (primary N) is 1. The predicted molar refractivity (Wildman–Crippen MR) is 148 cm³/mol. The number of nitrogens with one attached hydrogen (secondary N) is 4. The number of carbonyl (C=O) groups is 5. The van der Waals surface area contributed by atoms with Gasteiger partial charge in [-0.15, -0.1) is 0 Å². The molecule has 11 nitrogen and oxygen atoms in total. The molecular weight excluding hydrogens is 533 g/mol. The molecule has 1 saturated carbocycles. The molecule has 4 rings (SSSR count). The number of para-hydroxylation sites is 1. The summed E-state index contributed by atoms with van der Waals surface area (Å²) >= 11 is 0. The standard InChI is InChI=1S/C29H38FN5O6/c1-15(2)24(31)29(40)41-14-23(36)20(13-18-6-4-10-32-26(18)37)34-27(38)21(11-16-8-9-16)35-28(39)22-12-17-5-3-7-19(30)25(17)33-22/h3,5,7,12,15-16,18,20-21,24,33H,4,6,8-11,13-14,31H2,1-2H3,(H,32,37)(H,34,38)(H,35,39)/t18-,20-,21-,24?/m0/s1. The van der Waals surface area contributed by atoms with E-state index in [9.17, 15) is 28.4 Å². The quantitative estimate of drug-likeness (QED) is 0.228. The summed E-state index contributed by atoms with van der Waals surface area (Å²) in [5, 5.41) is 8.72. The Morgan fingerprint density at radius 1 is 1.10 bits per heavy atom. The van der Waals surface area contributed by atoms with Gasteiger partial charge in [0, 0.05) is 17.8 Å². The molecule has 6 N–H and O–H groups in total. The largest absolute Gasteiger partial charge is 0.456 e. The summed E-state index contributed by atoms with van der Waals surface area (Å²) in [6, 6.07) is 2.98. The summed E-state index contributed by atoms with van der Waals surface area (Å²) in [5.41, 5.74) is 6.10. The molecule has 2 aromatic rings. The summed E-state index contributed by atoms with van der Waals surface area (Å²) in [5.74, 6) is -3.68. The third-order valence-electron chi connectivity index (χ3n) is 7.71. The minimum atomic E-state index is -1.12. The third kappa shape index (κ3) is 7.90. The number of halogens is 1. The van der Waals surface area contributed by atoms with Gasteiger partial charge in [-0.3, -0.25) is 24.0 Å². The number of fused-ring (bicyclic) bond motifs is 1. The van der Waals surface area contributed by atoms with Gasteiger partial charge in [-0.1, -0.05) is 38.8 Å². The molecule has 2 aliphatic rings. The fourth-order valence-electron chi connectivity index (χ4n) is 4.90. The Hall–Kier alpha value is -3.80. The average molecular weight is 572 g/mol. The van der Waals surface area contributed by atoms with Crippen molar-refractivity contribution in [3.8, 4) is 0 Å². The third-order valence-corrected chi connectivity index (χ3v) is 7.71. The van der Waals surface area contributed by atoms with Crippen LogP contribution in [0.25, 0.3) is 10.9 Å². The average Bonchev–Trinajstić information content (AvgIpc) is 3.65. The molecular formula is C29H38FN5O6. The number of aromatic amines is 1. The smallest absolute Gasteiger partial charge is 0.323 e. The monoisotopic (exact) mass is 571 g/mol. The number of rotatable bonds is 13. The second-order valence-corrected chi connectivity index (χ2v) is 11.4. The van der Waals surface area contributed by atoms with Gasteiger partial charge in [0.05, 0.1) is 11.6 Å². The van der Waals surface area contributed by atoms with Crippen LogP contribution in [0.2, 0.25) is 0 Å². The van der Waals surface area contributed by atoms with Crippen molar-refractivity contribution in [2.75, 3.05) is 13.2 Å². The summed E-state index contributed by atoms with van der Waals surface area (Å²) in [4.78, 5) is 67.2. The van der Waals surface area contributed by atoms with Crippen LogP contribution in [0.5, 0.6) is 0 Å². The molecule has 12 heteroatoms. The van der Waals surface area contributed by atoms with Gasteiger partial charge in [0.25, 0.3) is 5.91 Å². The molecule has 4 atom stereocenters. The van der Waals surface area contributed by atoms with Gasteiger partial charge in [-0.2, -0.15) is 0 Å². The number of amides is 3. The lowest BCUT2D eigenvalue weighted by Crippen LogP contribution is -2.54. The number of Topliss-reactive ketones (excluding diaryl/α,β-unsaturated/α-hetero) is 1. The molecule has 1 aromatic carbocycles. The molecule has 2 heterocycles. The number of ether oxygens (including phenoxy) is 1. The van der Waals surface area contributed by atoms with Crippen LogP contribution in [0.4, 0.5) is 4.39 Å². The number of carbonyl (C=O) groups excluding carboxylic acids is 5. The Balaban J connectivity index is 1.47. The van der Waals surface area contributed by atoms with Gasteiger partial charge in [-0.05, 0) is 49.7 Å². The normalized spacial score (nSPS) is 19.2. The molecule has 0 spiro atoms. The van der Waals surface area contributed by atoms with Crippen molar-refractivity contribution in [1.82, 2.24) is 20.9 Å². The van der Waals surface area contributed by atoms with Crippen molar-refractivity contribution in [3.63, 3.8) is 0 Å². The highest BCUT2D eigenvalue weighted by Gasteiger charge is 2.35. The maximum atomic E-state index is 14.1. The molecule has 1 unspecified atom stereocenters. The van der Waals surface area contributed by atoms with E-state index in [1.807, 2.05) is 0 Å². The summed E-state index contributed by atoms with van der Waals surface area (Å²) < 4.78 is 19.3. The first-order valence-electron chi connectivity index (χ1n) is 14.1. The van der Waals surface area contributed by atoms with E-state index in [4.69, 9.17) is 10.5 Å². The zero-order chi connectivity index (χ0) is 29.7. The number of hydrogen-bond acceptors (Lipinski definition) is 7. The van der Waals surface area contributed by atoms with E-state index in [-0.39, 0.29) is 35.4 Å². The lowest BCUT2D eigenvalue weighted by atomic mass is 9.90. The van der Waals surface area contributed by atoms with Gasteiger partial charge < -0.3 is 31.4 Å². The number of benzene rings is 1. The van der Waals surface area contributed by atoms with Crippen LogP contribution in [-0.2, 0) is 23.9 Å². The number of H-pyrrole nitrogens is 1. The number of ketones is 1. The molecule has 1 aliphatic heterocycles. The molecule has 0 bridgehead atoms. The Labute approximate surface area is 237 Å². The first kappa shape index (κ1) is 30.2. The van der Waals surface area contributed by atoms with Crippen LogP contribution < -0.4 is 21.7 Å². The van der Waals surface area contributed by atoms with E-state index < -0.39 is 60.0 Å². The number of piperidine rings is 1. The van der Waals surface area contributed by atoms with Crippen LogP contribution >= 0.6 is 0 Å². The molecule has 41 heavy (non-hydrogen) atoms. The van der Waals surface area contributed by atoms with Gasteiger partial charge in [-0.25, -0.2) is 4.39 Å². The minimum Gasteiger partial charge on any atom is -0.456 e. The lowest BCUT2D eigenvalue weighted by Gasteiger charge is -2.28. The Kier molecular flexibility index (Phi) is 9.74. The maximum Gasteiger partial charge on any atom is 0.323 e.